The van der Waals surface area contributed by atoms with Crippen LogP contribution in [-0.4, -0.2) is 28.0 Å². The first-order valence-corrected chi connectivity index (χ1v) is 6.85. The van der Waals surface area contributed by atoms with E-state index >= 15 is 0 Å². The van der Waals surface area contributed by atoms with Gasteiger partial charge in [0.05, 0.1) is 23.9 Å². The molecule has 2 rings (SSSR count). The van der Waals surface area contributed by atoms with Crippen LogP contribution in [0.3, 0.4) is 0 Å². The largest absolute Gasteiger partial charge is 0.375 e. The summed E-state index contributed by atoms with van der Waals surface area (Å²) in [5.74, 6) is 0.421. The Labute approximate surface area is 113 Å². The average Bonchev–Trinajstić information content (AvgIpc) is 2.68. The molecule has 19 heavy (non-hydrogen) atoms. The van der Waals surface area contributed by atoms with Crippen LogP contribution in [0, 0.1) is 5.92 Å². The van der Waals surface area contributed by atoms with Gasteiger partial charge < -0.3 is 10.5 Å². The van der Waals surface area contributed by atoms with Gasteiger partial charge in [-0.25, -0.2) is 4.68 Å². The topological polar surface area (TPSA) is 83.0 Å². The summed E-state index contributed by atoms with van der Waals surface area (Å²) in [5.41, 5.74) is 6.75. The molecule has 0 bridgehead atoms. The number of methoxy groups -OCH3 is 1. The molecular weight excluding hydrogens is 244 g/mol. The summed E-state index contributed by atoms with van der Waals surface area (Å²) in [4.78, 5) is 11.1. The zero-order valence-corrected chi connectivity index (χ0v) is 11.6. The summed E-state index contributed by atoms with van der Waals surface area (Å²) in [6.07, 6.45) is 5.08. The molecule has 1 heterocycles. The second-order valence-electron chi connectivity index (χ2n) is 5.25. The van der Waals surface area contributed by atoms with E-state index in [1.165, 1.54) is 19.3 Å². The zero-order chi connectivity index (χ0) is 13.8. The summed E-state index contributed by atoms with van der Waals surface area (Å²) < 4.78 is 7.22. The van der Waals surface area contributed by atoms with E-state index in [-0.39, 0.29) is 12.5 Å². The third kappa shape index (κ3) is 3.32. The van der Waals surface area contributed by atoms with Crippen LogP contribution in [-0.2, 0) is 22.5 Å². The first kappa shape index (κ1) is 14.0. The number of amides is 1. The fraction of sp³-hybridized carbons (Fsp3) is 0.769. The second kappa shape index (κ2) is 6.14. The molecule has 1 saturated carbocycles. The molecular formula is C13H22N4O2. The Morgan fingerprint density at radius 1 is 1.58 bits per heavy atom. The van der Waals surface area contributed by atoms with Crippen LogP contribution in [0.25, 0.3) is 0 Å². The van der Waals surface area contributed by atoms with Crippen molar-refractivity contribution < 1.29 is 9.53 Å². The lowest BCUT2D eigenvalue weighted by Gasteiger charge is -2.25. The van der Waals surface area contributed by atoms with Crippen molar-refractivity contribution in [1.82, 2.24) is 15.0 Å². The van der Waals surface area contributed by atoms with Crippen LogP contribution in [0.5, 0.6) is 0 Å². The van der Waals surface area contributed by atoms with Gasteiger partial charge in [-0.15, -0.1) is 5.10 Å². The molecule has 0 spiro atoms. The van der Waals surface area contributed by atoms with Gasteiger partial charge in [0.2, 0.25) is 5.91 Å². The first-order valence-electron chi connectivity index (χ1n) is 6.85. The minimum atomic E-state index is -0.393. The molecule has 1 unspecified atom stereocenters. The van der Waals surface area contributed by atoms with E-state index in [2.05, 4.69) is 10.3 Å². The fourth-order valence-electron chi connectivity index (χ4n) is 2.45. The molecule has 1 atom stereocenters. The number of nitrogens with zero attached hydrogens (tertiary/aromatic N) is 3. The molecule has 0 aliphatic heterocycles. The predicted molar refractivity (Wildman–Crippen MR) is 70.3 cm³/mol. The Kier molecular flexibility index (Phi) is 4.52. The Bertz CT molecular complexity index is 440. The number of aryl methyl sites for hydroxylation is 1. The van der Waals surface area contributed by atoms with Crippen LogP contribution in [0.1, 0.15) is 50.1 Å². The monoisotopic (exact) mass is 266 g/mol. The molecule has 106 valence electrons. The fourth-order valence-corrected chi connectivity index (χ4v) is 2.45. The highest BCUT2D eigenvalue weighted by molar-refractivity contribution is 5.76. The Hall–Kier alpha value is -1.43. The Balaban J connectivity index is 2.11. The van der Waals surface area contributed by atoms with Crippen LogP contribution < -0.4 is 5.73 Å². The van der Waals surface area contributed by atoms with Crippen molar-refractivity contribution in [2.24, 2.45) is 11.7 Å². The molecule has 0 radical (unpaired) electrons. The lowest BCUT2D eigenvalue weighted by Crippen LogP contribution is -2.19. The van der Waals surface area contributed by atoms with E-state index in [1.807, 2.05) is 11.6 Å². The van der Waals surface area contributed by atoms with Gasteiger partial charge in [0.25, 0.3) is 0 Å². The number of hydrogen-bond donors (Lipinski definition) is 1. The van der Waals surface area contributed by atoms with Crippen LogP contribution >= 0.6 is 0 Å². The van der Waals surface area contributed by atoms with Gasteiger partial charge in [-0.2, -0.15) is 0 Å². The van der Waals surface area contributed by atoms with Gasteiger partial charge in [-0.05, 0) is 19.3 Å². The molecule has 1 aromatic heterocycles. The summed E-state index contributed by atoms with van der Waals surface area (Å²) in [5, 5.41) is 8.23. The second-order valence-corrected chi connectivity index (χ2v) is 5.25. The third-order valence-corrected chi connectivity index (χ3v) is 3.90. The highest BCUT2D eigenvalue weighted by Gasteiger charge is 2.22. The van der Waals surface area contributed by atoms with Crippen molar-refractivity contribution in [2.75, 3.05) is 7.11 Å². The van der Waals surface area contributed by atoms with E-state index in [9.17, 15) is 4.79 Å². The maximum Gasteiger partial charge on any atom is 0.223 e. The molecule has 1 aliphatic carbocycles. The quantitative estimate of drug-likeness (QED) is 0.804. The molecule has 1 aromatic rings. The summed E-state index contributed by atoms with van der Waals surface area (Å²) >= 11 is 0. The molecule has 1 fully saturated rings. The molecule has 1 amide bonds. The van der Waals surface area contributed by atoms with Crippen molar-refractivity contribution in [2.45, 2.75) is 51.7 Å². The molecule has 6 nitrogen and oxygen atoms in total. The summed E-state index contributed by atoms with van der Waals surface area (Å²) in [6.45, 7) is 2.77. The minimum absolute atomic E-state index is 0.118. The number of nitrogens with two attached hydrogens (primary N) is 1. The van der Waals surface area contributed by atoms with Gasteiger partial charge in [-0.3, -0.25) is 4.79 Å². The predicted octanol–water partition coefficient (Wildman–Crippen LogP) is 1.20. The van der Waals surface area contributed by atoms with Crippen LogP contribution in [0.2, 0.25) is 0 Å². The maximum absolute atomic E-state index is 11.1. The van der Waals surface area contributed by atoms with Crippen molar-refractivity contribution in [3.8, 4) is 0 Å². The van der Waals surface area contributed by atoms with E-state index in [1.54, 1.807) is 7.11 Å². The van der Waals surface area contributed by atoms with Gasteiger partial charge in [0, 0.05) is 13.7 Å². The van der Waals surface area contributed by atoms with E-state index in [0.717, 1.165) is 24.6 Å². The maximum atomic E-state index is 11.1. The number of rotatable bonds is 7. The number of carbonyl (C=O) groups is 1. The normalized spacial score (nSPS) is 17.2. The molecule has 6 heteroatoms. The zero-order valence-electron chi connectivity index (χ0n) is 11.6. The van der Waals surface area contributed by atoms with Crippen molar-refractivity contribution in [1.29, 1.82) is 0 Å². The Morgan fingerprint density at radius 2 is 2.32 bits per heavy atom. The molecule has 1 aliphatic rings. The highest BCUT2D eigenvalue weighted by atomic mass is 16.5. The average molecular weight is 266 g/mol. The van der Waals surface area contributed by atoms with Gasteiger partial charge in [0.1, 0.15) is 0 Å². The third-order valence-electron chi connectivity index (χ3n) is 3.90. The van der Waals surface area contributed by atoms with Crippen LogP contribution in [0.4, 0.5) is 0 Å². The van der Waals surface area contributed by atoms with E-state index in [0.29, 0.717) is 5.69 Å². The molecule has 2 N–H and O–H groups in total. The van der Waals surface area contributed by atoms with Gasteiger partial charge >= 0.3 is 0 Å². The smallest absolute Gasteiger partial charge is 0.223 e. The highest BCUT2D eigenvalue weighted by Crippen LogP contribution is 2.30. The number of aromatic nitrogens is 3. The van der Waals surface area contributed by atoms with Crippen molar-refractivity contribution in [3.63, 3.8) is 0 Å². The SMILES string of the molecule is COC(C)c1c(CC(N)=O)nnn1CCC1CCC1. The van der Waals surface area contributed by atoms with E-state index in [4.69, 9.17) is 10.5 Å². The van der Waals surface area contributed by atoms with Crippen molar-refractivity contribution >= 4 is 5.91 Å². The number of carbonyl (C=O) groups excluding carboxylic acids is 1. The van der Waals surface area contributed by atoms with Gasteiger partial charge in [-0.1, -0.05) is 24.5 Å². The molecule has 0 aromatic carbocycles. The summed E-state index contributed by atoms with van der Waals surface area (Å²) in [6, 6.07) is 0. The molecule has 0 saturated heterocycles. The Morgan fingerprint density at radius 3 is 2.84 bits per heavy atom. The summed E-state index contributed by atoms with van der Waals surface area (Å²) in [7, 11) is 1.64. The number of primary amides is 1. The lowest BCUT2D eigenvalue weighted by atomic mass is 9.83. The minimum Gasteiger partial charge on any atom is -0.375 e. The standard InChI is InChI=1S/C13H22N4O2/c1-9(19-2)13-11(8-12(14)18)15-16-17(13)7-6-10-4-3-5-10/h9-10H,3-8H2,1-2H3,(H2,14,18). The van der Waals surface area contributed by atoms with Crippen molar-refractivity contribution in [3.05, 3.63) is 11.4 Å². The lowest BCUT2D eigenvalue weighted by molar-refractivity contribution is -0.117. The first-order chi connectivity index (χ1) is 9.11. The number of hydrogen-bond acceptors (Lipinski definition) is 4. The van der Waals surface area contributed by atoms with Crippen LogP contribution in [0.15, 0.2) is 0 Å². The van der Waals surface area contributed by atoms with Gasteiger partial charge in [0.15, 0.2) is 0 Å². The van der Waals surface area contributed by atoms with E-state index < -0.39 is 5.91 Å². The number of ether oxygens (including phenoxy) is 1.